The standard InChI is InChI=1S/C22H25N3O6/c1-12-16(13(2)24(3)23-12)19(26)17-18(25(10-11-30-4)21(28)20(17)27)14-6-8-15(9-7-14)22(29)31-5/h6-9,18,26H,10-11H2,1-5H3/b19-17+. The zero-order valence-electron chi connectivity index (χ0n) is 18.1. The maximum Gasteiger partial charge on any atom is 0.337 e. The molecule has 31 heavy (non-hydrogen) atoms. The second kappa shape index (κ2) is 8.73. The Morgan fingerprint density at radius 1 is 1.16 bits per heavy atom. The van der Waals surface area contributed by atoms with E-state index >= 15 is 0 Å². The molecular formula is C22H25N3O6. The highest BCUT2D eigenvalue weighted by atomic mass is 16.5. The van der Waals surface area contributed by atoms with E-state index in [-0.39, 0.29) is 24.5 Å². The monoisotopic (exact) mass is 427 g/mol. The first-order valence-electron chi connectivity index (χ1n) is 9.69. The van der Waals surface area contributed by atoms with Gasteiger partial charge in [-0.05, 0) is 31.5 Å². The minimum atomic E-state index is -0.833. The molecule has 1 aliphatic heterocycles. The average Bonchev–Trinajstić information content (AvgIpc) is 3.16. The van der Waals surface area contributed by atoms with Crippen molar-refractivity contribution in [3.05, 3.63) is 57.9 Å². The van der Waals surface area contributed by atoms with E-state index in [1.165, 1.54) is 19.1 Å². The van der Waals surface area contributed by atoms with Crippen molar-refractivity contribution >= 4 is 23.4 Å². The van der Waals surface area contributed by atoms with Gasteiger partial charge in [-0.25, -0.2) is 4.79 Å². The lowest BCUT2D eigenvalue weighted by Gasteiger charge is -2.25. The number of likely N-dealkylation sites (tertiary alicyclic amines) is 1. The van der Waals surface area contributed by atoms with Crippen LogP contribution >= 0.6 is 0 Å². The number of hydrogen-bond acceptors (Lipinski definition) is 7. The van der Waals surface area contributed by atoms with Gasteiger partial charge in [-0.1, -0.05) is 12.1 Å². The Bertz CT molecular complexity index is 1070. The first kappa shape index (κ1) is 22.2. The number of esters is 1. The molecule has 0 spiro atoms. The normalized spacial score (nSPS) is 18.0. The molecule has 1 amide bonds. The quantitative estimate of drug-likeness (QED) is 0.324. The van der Waals surface area contributed by atoms with Gasteiger partial charge in [0, 0.05) is 26.4 Å². The number of aliphatic hydroxyl groups excluding tert-OH is 1. The predicted octanol–water partition coefficient (Wildman–Crippen LogP) is 1.89. The number of hydrogen-bond donors (Lipinski definition) is 1. The van der Waals surface area contributed by atoms with Crippen molar-refractivity contribution in [2.45, 2.75) is 19.9 Å². The highest BCUT2D eigenvalue weighted by Crippen LogP contribution is 2.40. The van der Waals surface area contributed by atoms with E-state index < -0.39 is 23.7 Å². The van der Waals surface area contributed by atoms with Crippen LogP contribution in [0, 0.1) is 13.8 Å². The van der Waals surface area contributed by atoms with Gasteiger partial charge in [0.2, 0.25) is 0 Å². The predicted molar refractivity (Wildman–Crippen MR) is 111 cm³/mol. The van der Waals surface area contributed by atoms with Crippen molar-refractivity contribution in [3.63, 3.8) is 0 Å². The van der Waals surface area contributed by atoms with Crippen LogP contribution < -0.4 is 0 Å². The zero-order chi connectivity index (χ0) is 22.9. The number of ether oxygens (including phenoxy) is 2. The van der Waals surface area contributed by atoms with Crippen LogP contribution in [-0.2, 0) is 26.1 Å². The van der Waals surface area contributed by atoms with E-state index in [1.807, 2.05) is 0 Å². The van der Waals surface area contributed by atoms with Crippen LogP contribution in [0.3, 0.4) is 0 Å². The summed E-state index contributed by atoms with van der Waals surface area (Å²) >= 11 is 0. The van der Waals surface area contributed by atoms with Crippen molar-refractivity contribution < 1.29 is 29.0 Å². The molecule has 9 heteroatoms. The molecule has 1 aromatic carbocycles. The number of ketones is 1. The minimum Gasteiger partial charge on any atom is -0.507 e. The Morgan fingerprint density at radius 2 is 1.81 bits per heavy atom. The second-order valence-corrected chi connectivity index (χ2v) is 7.27. The van der Waals surface area contributed by atoms with E-state index in [0.717, 1.165) is 0 Å². The molecule has 2 aromatic rings. The molecular weight excluding hydrogens is 402 g/mol. The summed E-state index contributed by atoms with van der Waals surface area (Å²) in [4.78, 5) is 38.9. The Labute approximate surface area is 179 Å². The minimum absolute atomic E-state index is 0.0221. The van der Waals surface area contributed by atoms with Gasteiger partial charge in [0.25, 0.3) is 11.7 Å². The Morgan fingerprint density at radius 3 is 2.32 bits per heavy atom. The molecule has 1 aliphatic rings. The van der Waals surface area contributed by atoms with E-state index in [0.29, 0.717) is 28.1 Å². The molecule has 0 saturated carbocycles. The fraction of sp³-hybridized carbons (Fsp3) is 0.364. The lowest BCUT2D eigenvalue weighted by atomic mass is 9.94. The van der Waals surface area contributed by atoms with Crippen LogP contribution in [0.1, 0.15) is 38.9 Å². The molecule has 1 N–H and O–H groups in total. The summed E-state index contributed by atoms with van der Waals surface area (Å²) < 4.78 is 11.4. The summed E-state index contributed by atoms with van der Waals surface area (Å²) in [5.41, 5.74) is 2.51. The molecule has 9 nitrogen and oxygen atoms in total. The number of Topliss-reactive ketones (excluding diaryl/α,β-unsaturated/α-hetero) is 1. The first-order chi connectivity index (χ1) is 14.7. The van der Waals surface area contributed by atoms with Crippen LogP contribution in [-0.4, -0.2) is 64.8 Å². The number of carbonyl (C=O) groups is 3. The van der Waals surface area contributed by atoms with Crippen LogP contribution in [0.25, 0.3) is 5.76 Å². The molecule has 0 aliphatic carbocycles. The smallest absolute Gasteiger partial charge is 0.337 e. The Balaban J connectivity index is 2.19. The van der Waals surface area contributed by atoms with Crippen molar-refractivity contribution in [1.29, 1.82) is 0 Å². The summed E-state index contributed by atoms with van der Waals surface area (Å²) in [6.45, 7) is 3.88. The molecule has 1 fully saturated rings. The summed E-state index contributed by atoms with van der Waals surface area (Å²) in [6, 6.07) is 5.55. The molecule has 2 heterocycles. The van der Waals surface area contributed by atoms with Gasteiger partial charge in [-0.15, -0.1) is 0 Å². The summed E-state index contributed by atoms with van der Waals surface area (Å²) in [5.74, 6) is -2.27. The summed E-state index contributed by atoms with van der Waals surface area (Å²) in [6.07, 6.45) is 0. The van der Waals surface area contributed by atoms with Crippen molar-refractivity contribution in [2.75, 3.05) is 27.4 Å². The van der Waals surface area contributed by atoms with Crippen molar-refractivity contribution in [3.8, 4) is 0 Å². The van der Waals surface area contributed by atoms with E-state index in [1.54, 1.807) is 49.8 Å². The lowest BCUT2D eigenvalue weighted by molar-refractivity contribution is -0.140. The fourth-order valence-corrected chi connectivity index (χ4v) is 3.82. The lowest BCUT2D eigenvalue weighted by Crippen LogP contribution is -2.32. The third-order valence-electron chi connectivity index (χ3n) is 5.47. The number of nitrogens with zero attached hydrogens (tertiary/aromatic N) is 3. The molecule has 0 radical (unpaired) electrons. The molecule has 3 rings (SSSR count). The molecule has 0 bridgehead atoms. The maximum atomic E-state index is 13.0. The Hall–Kier alpha value is -3.46. The van der Waals surface area contributed by atoms with Crippen LogP contribution in [0.15, 0.2) is 29.8 Å². The van der Waals surface area contributed by atoms with Gasteiger partial charge in [0.1, 0.15) is 5.76 Å². The highest BCUT2D eigenvalue weighted by molar-refractivity contribution is 6.46. The number of aryl methyl sites for hydroxylation is 2. The number of benzene rings is 1. The van der Waals surface area contributed by atoms with Crippen LogP contribution in [0.4, 0.5) is 0 Å². The summed E-state index contributed by atoms with van der Waals surface area (Å²) in [5, 5.41) is 15.5. The fourth-order valence-electron chi connectivity index (χ4n) is 3.82. The molecule has 1 unspecified atom stereocenters. The van der Waals surface area contributed by atoms with Gasteiger partial charge in [-0.2, -0.15) is 5.10 Å². The van der Waals surface area contributed by atoms with Gasteiger partial charge in [0.05, 0.1) is 42.2 Å². The molecule has 164 valence electrons. The van der Waals surface area contributed by atoms with Gasteiger partial charge >= 0.3 is 5.97 Å². The molecule has 1 aromatic heterocycles. The third kappa shape index (κ3) is 3.84. The third-order valence-corrected chi connectivity index (χ3v) is 5.47. The van der Waals surface area contributed by atoms with Gasteiger partial charge in [0.15, 0.2) is 0 Å². The number of aliphatic hydroxyl groups is 1. The number of aromatic nitrogens is 2. The first-order valence-corrected chi connectivity index (χ1v) is 9.69. The van der Waals surface area contributed by atoms with E-state index in [4.69, 9.17) is 9.47 Å². The van der Waals surface area contributed by atoms with Crippen LogP contribution in [0.5, 0.6) is 0 Å². The van der Waals surface area contributed by atoms with E-state index in [9.17, 15) is 19.5 Å². The second-order valence-electron chi connectivity index (χ2n) is 7.27. The number of rotatable bonds is 6. The SMILES string of the molecule is COCCN1C(=O)C(=O)/C(=C(/O)c2c(C)nn(C)c2C)C1c1ccc(C(=O)OC)cc1. The van der Waals surface area contributed by atoms with E-state index in [2.05, 4.69) is 5.10 Å². The molecule has 1 saturated heterocycles. The zero-order valence-corrected chi connectivity index (χ0v) is 18.1. The number of carbonyl (C=O) groups excluding carboxylic acids is 3. The topological polar surface area (TPSA) is 111 Å². The largest absolute Gasteiger partial charge is 0.507 e. The Kier molecular flexibility index (Phi) is 6.26. The van der Waals surface area contributed by atoms with Gasteiger partial charge < -0.3 is 19.5 Å². The van der Waals surface area contributed by atoms with Crippen molar-refractivity contribution in [2.24, 2.45) is 7.05 Å². The number of amides is 1. The highest BCUT2D eigenvalue weighted by Gasteiger charge is 2.46. The maximum absolute atomic E-state index is 13.0. The van der Waals surface area contributed by atoms with Crippen molar-refractivity contribution in [1.82, 2.24) is 14.7 Å². The van der Waals surface area contributed by atoms with Crippen LogP contribution in [0.2, 0.25) is 0 Å². The molecule has 1 atom stereocenters. The number of methoxy groups -OCH3 is 2. The van der Waals surface area contributed by atoms with Gasteiger partial charge in [-0.3, -0.25) is 14.3 Å². The summed E-state index contributed by atoms with van der Waals surface area (Å²) in [7, 11) is 4.52. The average molecular weight is 427 g/mol.